The zero-order valence-corrected chi connectivity index (χ0v) is 17.3. The minimum absolute atomic E-state index is 0.0417. The zero-order valence-electron chi connectivity index (χ0n) is 16.5. The van der Waals surface area contributed by atoms with Crippen molar-refractivity contribution in [1.82, 2.24) is 10.3 Å². The number of hydrogen-bond acceptors (Lipinski definition) is 5. The standard InChI is InChI=1S/C22H24N2O3S/c1-14-7-5-6-8-18(14)15(2)23-21(25)12-17-13-28-22(24-17)16-9-10-19(26-3)20(11-16)27-4/h5-11,13,15H,12H2,1-4H3,(H,23,25). The zero-order chi connectivity index (χ0) is 20.1. The summed E-state index contributed by atoms with van der Waals surface area (Å²) in [5.41, 5.74) is 3.98. The van der Waals surface area contributed by atoms with Crippen LogP contribution in [0.4, 0.5) is 0 Å². The number of benzene rings is 2. The fraction of sp³-hybridized carbons (Fsp3) is 0.273. The molecule has 28 heavy (non-hydrogen) atoms. The number of ether oxygens (including phenoxy) is 2. The first-order chi connectivity index (χ1) is 13.5. The maximum absolute atomic E-state index is 12.5. The number of thiazole rings is 1. The number of carbonyl (C=O) groups excluding carboxylic acids is 1. The molecule has 1 aromatic heterocycles. The lowest BCUT2D eigenvalue weighted by Gasteiger charge is -2.16. The van der Waals surface area contributed by atoms with Crippen LogP contribution in [0.5, 0.6) is 11.5 Å². The van der Waals surface area contributed by atoms with Crippen molar-refractivity contribution in [1.29, 1.82) is 0 Å². The van der Waals surface area contributed by atoms with Crippen molar-refractivity contribution in [3.63, 3.8) is 0 Å². The second kappa shape index (κ2) is 8.89. The molecular weight excluding hydrogens is 372 g/mol. The first-order valence-electron chi connectivity index (χ1n) is 9.03. The van der Waals surface area contributed by atoms with Crippen molar-refractivity contribution in [2.45, 2.75) is 26.3 Å². The molecule has 0 saturated carbocycles. The Kier molecular flexibility index (Phi) is 6.31. The van der Waals surface area contributed by atoms with Gasteiger partial charge < -0.3 is 14.8 Å². The summed E-state index contributed by atoms with van der Waals surface area (Å²) in [5, 5.41) is 5.82. The van der Waals surface area contributed by atoms with Crippen LogP contribution in [0.25, 0.3) is 10.6 Å². The van der Waals surface area contributed by atoms with Crippen LogP contribution < -0.4 is 14.8 Å². The van der Waals surface area contributed by atoms with Crippen LogP contribution in [0.2, 0.25) is 0 Å². The smallest absolute Gasteiger partial charge is 0.226 e. The van der Waals surface area contributed by atoms with Crippen molar-refractivity contribution in [3.05, 3.63) is 64.7 Å². The van der Waals surface area contributed by atoms with Gasteiger partial charge in [0.1, 0.15) is 5.01 Å². The van der Waals surface area contributed by atoms with E-state index in [0.717, 1.165) is 21.8 Å². The summed E-state index contributed by atoms with van der Waals surface area (Å²) >= 11 is 1.51. The van der Waals surface area contributed by atoms with Crippen molar-refractivity contribution in [2.75, 3.05) is 14.2 Å². The highest BCUT2D eigenvalue weighted by Gasteiger charge is 2.14. The van der Waals surface area contributed by atoms with Gasteiger partial charge in [-0.1, -0.05) is 24.3 Å². The average Bonchev–Trinajstić information content (AvgIpc) is 3.15. The fourth-order valence-corrected chi connectivity index (χ4v) is 3.91. The molecule has 0 saturated heterocycles. The Balaban J connectivity index is 1.67. The van der Waals surface area contributed by atoms with E-state index in [4.69, 9.17) is 9.47 Å². The van der Waals surface area contributed by atoms with E-state index >= 15 is 0 Å². The summed E-state index contributed by atoms with van der Waals surface area (Å²) in [6, 6.07) is 13.7. The Morgan fingerprint density at radius 3 is 2.61 bits per heavy atom. The molecule has 0 radical (unpaired) electrons. The summed E-state index contributed by atoms with van der Waals surface area (Å²) in [6.07, 6.45) is 0.250. The highest BCUT2D eigenvalue weighted by molar-refractivity contribution is 7.13. The van der Waals surface area contributed by atoms with E-state index in [-0.39, 0.29) is 18.4 Å². The van der Waals surface area contributed by atoms with Gasteiger partial charge in [-0.15, -0.1) is 11.3 Å². The molecule has 0 spiro atoms. The van der Waals surface area contributed by atoms with Gasteiger partial charge >= 0.3 is 0 Å². The third kappa shape index (κ3) is 4.51. The van der Waals surface area contributed by atoms with Gasteiger partial charge in [0.05, 0.1) is 32.4 Å². The number of aromatic nitrogens is 1. The third-order valence-electron chi connectivity index (χ3n) is 4.56. The van der Waals surface area contributed by atoms with Crippen LogP contribution in [-0.2, 0) is 11.2 Å². The van der Waals surface area contributed by atoms with Crippen molar-refractivity contribution in [2.24, 2.45) is 0 Å². The molecule has 1 atom stereocenters. The molecule has 3 aromatic rings. The number of amides is 1. The van der Waals surface area contributed by atoms with Gasteiger partial charge in [0, 0.05) is 10.9 Å². The van der Waals surface area contributed by atoms with Gasteiger partial charge in [-0.3, -0.25) is 4.79 Å². The first-order valence-corrected chi connectivity index (χ1v) is 9.91. The predicted octanol–water partition coefficient (Wildman–Crippen LogP) is 4.56. The Hall–Kier alpha value is -2.86. The number of hydrogen-bond donors (Lipinski definition) is 1. The molecule has 6 heteroatoms. The quantitative estimate of drug-likeness (QED) is 0.636. The monoisotopic (exact) mass is 396 g/mol. The second-order valence-corrected chi connectivity index (χ2v) is 7.39. The molecule has 1 heterocycles. The Morgan fingerprint density at radius 1 is 1.14 bits per heavy atom. The van der Waals surface area contributed by atoms with Gasteiger partial charge in [0.2, 0.25) is 5.91 Å². The van der Waals surface area contributed by atoms with Crippen LogP contribution in [-0.4, -0.2) is 25.1 Å². The van der Waals surface area contributed by atoms with Gasteiger partial charge in [0.15, 0.2) is 11.5 Å². The molecule has 146 valence electrons. The van der Waals surface area contributed by atoms with Gasteiger partial charge in [0.25, 0.3) is 0 Å². The molecule has 3 rings (SSSR count). The minimum atomic E-state index is -0.0438. The lowest BCUT2D eigenvalue weighted by Crippen LogP contribution is -2.28. The lowest BCUT2D eigenvalue weighted by molar-refractivity contribution is -0.121. The first kappa shape index (κ1) is 19.9. The molecule has 0 aliphatic rings. The number of methoxy groups -OCH3 is 2. The summed E-state index contributed by atoms with van der Waals surface area (Å²) < 4.78 is 10.6. The number of carbonyl (C=O) groups is 1. The number of nitrogens with zero attached hydrogens (tertiary/aromatic N) is 1. The Labute approximate surface area is 169 Å². The fourth-order valence-electron chi connectivity index (χ4n) is 3.10. The summed E-state index contributed by atoms with van der Waals surface area (Å²) in [6.45, 7) is 4.05. The molecule has 5 nitrogen and oxygen atoms in total. The van der Waals surface area contributed by atoms with Crippen LogP contribution >= 0.6 is 11.3 Å². The van der Waals surface area contributed by atoms with Crippen LogP contribution in [0, 0.1) is 6.92 Å². The van der Waals surface area contributed by atoms with E-state index in [9.17, 15) is 4.79 Å². The molecular formula is C22H24N2O3S. The molecule has 0 aliphatic carbocycles. The highest BCUT2D eigenvalue weighted by Crippen LogP contribution is 2.33. The maximum Gasteiger partial charge on any atom is 0.226 e. The van der Waals surface area contributed by atoms with E-state index in [2.05, 4.69) is 10.3 Å². The highest BCUT2D eigenvalue weighted by atomic mass is 32.1. The second-order valence-electron chi connectivity index (χ2n) is 6.54. The number of nitrogens with one attached hydrogen (secondary N) is 1. The van der Waals surface area contributed by atoms with Crippen LogP contribution in [0.3, 0.4) is 0 Å². The molecule has 0 fully saturated rings. The van der Waals surface area contributed by atoms with Gasteiger partial charge in [-0.25, -0.2) is 4.98 Å². The molecule has 1 unspecified atom stereocenters. The van der Waals surface area contributed by atoms with E-state index < -0.39 is 0 Å². The maximum atomic E-state index is 12.5. The average molecular weight is 397 g/mol. The Bertz CT molecular complexity index is 968. The predicted molar refractivity (Wildman–Crippen MR) is 112 cm³/mol. The number of rotatable bonds is 7. The van der Waals surface area contributed by atoms with Crippen molar-refractivity contribution < 1.29 is 14.3 Å². The summed E-state index contributed by atoms with van der Waals surface area (Å²) in [5.74, 6) is 1.29. The van der Waals surface area contributed by atoms with Crippen molar-refractivity contribution in [3.8, 4) is 22.1 Å². The molecule has 0 bridgehead atoms. The minimum Gasteiger partial charge on any atom is -0.493 e. The summed E-state index contributed by atoms with van der Waals surface area (Å²) in [7, 11) is 3.21. The van der Waals surface area contributed by atoms with E-state index in [1.165, 1.54) is 16.9 Å². The molecule has 2 aromatic carbocycles. The Morgan fingerprint density at radius 2 is 1.89 bits per heavy atom. The third-order valence-corrected chi connectivity index (χ3v) is 5.50. The van der Waals surface area contributed by atoms with E-state index in [1.807, 2.05) is 61.7 Å². The van der Waals surface area contributed by atoms with Gasteiger partial charge in [-0.05, 0) is 43.2 Å². The van der Waals surface area contributed by atoms with E-state index in [1.54, 1.807) is 14.2 Å². The van der Waals surface area contributed by atoms with Crippen molar-refractivity contribution >= 4 is 17.2 Å². The number of aryl methyl sites for hydroxylation is 1. The lowest BCUT2D eigenvalue weighted by atomic mass is 10.0. The SMILES string of the molecule is COc1ccc(-c2nc(CC(=O)NC(C)c3ccccc3C)cs2)cc1OC. The van der Waals surface area contributed by atoms with Gasteiger partial charge in [-0.2, -0.15) is 0 Å². The molecule has 1 amide bonds. The van der Waals surface area contributed by atoms with Crippen LogP contribution in [0.15, 0.2) is 47.8 Å². The molecule has 1 N–H and O–H groups in total. The normalized spacial score (nSPS) is 11.7. The summed E-state index contributed by atoms with van der Waals surface area (Å²) in [4.78, 5) is 17.1. The largest absolute Gasteiger partial charge is 0.493 e. The van der Waals surface area contributed by atoms with E-state index in [0.29, 0.717) is 11.5 Å². The molecule has 0 aliphatic heterocycles. The topological polar surface area (TPSA) is 60.5 Å². The van der Waals surface area contributed by atoms with Crippen LogP contribution in [0.1, 0.15) is 29.8 Å².